The third-order valence-electron chi connectivity index (χ3n) is 2.77. The lowest BCUT2D eigenvalue weighted by Crippen LogP contribution is -2.18. The zero-order valence-electron chi connectivity index (χ0n) is 11.2. The SMILES string of the molecule is CNC(=O)c1cccc(C(=O)OCc2scnc2C)c1. The molecule has 0 atom stereocenters. The Labute approximate surface area is 120 Å². The van der Waals surface area contributed by atoms with E-state index in [1.165, 1.54) is 17.4 Å². The maximum atomic E-state index is 11.9. The monoisotopic (exact) mass is 290 g/mol. The van der Waals surface area contributed by atoms with E-state index >= 15 is 0 Å². The predicted molar refractivity (Wildman–Crippen MR) is 75.8 cm³/mol. The van der Waals surface area contributed by atoms with Crippen LogP contribution in [-0.4, -0.2) is 23.9 Å². The number of carbonyl (C=O) groups is 2. The lowest BCUT2D eigenvalue weighted by atomic mass is 10.1. The summed E-state index contributed by atoms with van der Waals surface area (Å²) in [7, 11) is 1.54. The number of benzene rings is 1. The molecule has 1 N–H and O–H groups in total. The molecular formula is C14H14N2O3S. The van der Waals surface area contributed by atoms with E-state index in [0.717, 1.165) is 10.6 Å². The zero-order valence-corrected chi connectivity index (χ0v) is 12.0. The molecule has 0 aliphatic heterocycles. The fourth-order valence-electron chi connectivity index (χ4n) is 1.61. The molecular weight excluding hydrogens is 276 g/mol. The minimum Gasteiger partial charge on any atom is -0.456 e. The Kier molecular flexibility index (Phi) is 4.47. The highest BCUT2D eigenvalue weighted by Gasteiger charge is 2.12. The maximum absolute atomic E-state index is 11.9. The topological polar surface area (TPSA) is 68.3 Å². The van der Waals surface area contributed by atoms with Gasteiger partial charge in [-0.05, 0) is 25.1 Å². The fourth-order valence-corrected chi connectivity index (χ4v) is 2.30. The van der Waals surface area contributed by atoms with Crippen LogP contribution in [0.2, 0.25) is 0 Å². The first-order chi connectivity index (χ1) is 9.61. The number of thiazole rings is 1. The Hall–Kier alpha value is -2.21. The van der Waals surface area contributed by atoms with E-state index in [0.29, 0.717) is 11.1 Å². The minimum atomic E-state index is -0.455. The van der Waals surface area contributed by atoms with E-state index in [2.05, 4.69) is 10.3 Å². The summed E-state index contributed by atoms with van der Waals surface area (Å²) in [6.07, 6.45) is 0. The van der Waals surface area contributed by atoms with Gasteiger partial charge in [0.25, 0.3) is 5.91 Å². The third kappa shape index (κ3) is 3.21. The molecule has 0 saturated heterocycles. The molecule has 2 rings (SSSR count). The van der Waals surface area contributed by atoms with Crippen LogP contribution >= 0.6 is 11.3 Å². The predicted octanol–water partition coefficient (Wildman–Crippen LogP) is 2.17. The summed E-state index contributed by atoms with van der Waals surface area (Å²) in [6, 6.07) is 6.43. The fraction of sp³-hybridized carbons (Fsp3) is 0.214. The van der Waals surface area contributed by atoms with Crippen LogP contribution in [0.15, 0.2) is 29.8 Å². The second-order valence-electron chi connectivity index (χ2n) is 4.10. The largest absolute Gasteiger partial charge is 0.456 e. The van der Waals surface area contributed by atoms with E-state index in [1.54, 1.807) is 30.8 Å². The van der Waals surface area contributed by atoms with Gasteiger partial charge in [0.2, 0.25) is 0 Å². The number of hydrogen-bond donors (Lipinski definition) is 1. The van der Waals surface area contributed by atoms with Crippen LogP contribution in [0.25, 0.3) is 0 Å². The molecule has 0 aliphatic rings. The highest BCUT2D eigenvalue weighted by molar-refractivity contribution is 7.09. The van der Waals surface area contributed by atoms with Gasteiger partial charge in [-0.2, -0.15) is 0 Å². The summed E-state index contributed by atoms with van der Waals surface area (Å²) in [4.78, 5) is 28.5. The van der Waals surface area contributed by atoms with Crippen LogP contribution in [0.4, 0.5) is 0 Å². The van der Waals surface area contributed by atoms with Crippen molar-refractivity contribution < 1.29 is 14.3 Å². The number of aromatic nitrogens is 1. The van der Waals surface area contributed by atoms with Crippen molar-refractivity contribution in [3.63, 3.8) is 0 Å². The van der Waals surface area contributed by atoms with Gasteiger partial charge >= 0.3 is 5.97 Å². The van der Waals surface area contributed by atoms with Gasteiger partial charge in [-0.15, -0.1) is 11.3 Å². The zero-order chi connectivity index (χ0) is 14.5. The number of nitrogens with one attached hydrogen (secondary N) is 1. The first-order valence-electron chi connectivity index (χ1n) is 6.00. The summed E-state index contributed by atoms with van der Waals surface area (Å²) in [5.41, 5.74) is 3.36. The van der Waals surface area contributed by atoms with E-state index in [-0.39, 0.29) is 12.5 Å². The Morgan fingerprint density at radius 1 is 1.35 bits per heavy atom. The number of rotatable bonds is 4. The molecule has 5 nitrogen and oxygen atoms in total. The van der Waals surface area contributed by atoms with E-state index in [9.17, 15) is 9.59 Å². The summed E-state index contributed by atoms with van der Waals surface area (Å²) in [5.74, 6) is -0.693. The Morgan fingerprint density at radius 2 is 2.10 bits per heavy atom. The van der Waals surface area contributed by atoms with E-state index < -0.39 is 5.97 Å². The molecule has 0 aliphatic carbocycles. The molecule has 1 amide bonds. The van der Waals surface area contributed by atoms with Crippen molar-refractivity contribution in [2.45, 2.75) is 13.5 Å². The van der Waals surface area contributed by atoms with Gasteiger partial charge in [0.1, 0.15) is 6.61 Å². The van der Waals surface area contributed by atoms with Gasteiger partial charge < -0.3 is 10.1 Å². The quantitative estimate of drug-likeness (QED) is 0.876. The minimum absolute atomic E-state index is 0.194. The lowest BCUT2D eigenvalue weighted by Gasteiger charge is -2.05. The van der Waals surface area contributed by atoms with E-state index in [1.807, 2.05) is 6.92 Å². The van der Waals surface area contributed by atoms with Gasteiger partial charge in [-0.25, -0.2) is 9.78 Å². The van der Waals surface area contributed by atoms with Crippen LogP contribution in [0, 0.1) is 6.92 Å². The van der Waals surface area contributed by atoms with Crippen molar-refractivity contribution >= 4 is 23.2 Å². The molecule has 2 aromatic rings. The van der Waals surface area contributed by atoms with Crippen LogP contribution in [-0.2, 0) is 11.3 Å². The van der Waals surface area contributed by atoms with Crippen LogP contribution in [0.3, 0.4) is 0 Å². The molecule has 6 heteroatoms. The number of carbonyl (C=O) groups excluding carboxylic acids is 2. The molecule has 1 aromatic heterocycles. The smallest absolute Gasteiger partial charge is 0.338 e. The van der Waals surface area contributed by atoms with Crippen molar-refractivity contribution in [1.29, 1.82) is 0 Å². The molecule has 0 fully saturated rings. The third-order valence-corrected chi connectivity index (χ3v) is 3.68. The van der Waals surface area contributed by atoms with Crippen molar-refractivity contribution in [1.82, 2.24) is 10.3 Å². The first kappa shape index (κ1) is 14.2. The number of nitrogens with zero attached hydrogens (tertiary/aromatic N) is 1. The highest BCUT2D eigenvalue weighted by atomic mass is 32.1. The van der Waals surface area contributed by atoms with Gasteiger partial charge in [0.15, 0.2) is 0 Å². The first-order valence-corrected chi connectivity index (χ1v) is 6.88. The summed E-state index contributed by atoms with van der Waals surface area (Å²) < 4.78 is 5.22. The van der Waals surface area contributed by atoms with Gasteiger partial charge in [-0.3, -0.25) is 4.79 Å². The number of esters is 1. The average molecular weight is 290 g/mol. The molecule has 1 heterocycles. The van der Waals surface area contributed by atoms with Crippen molar-refractivity contribution in [3.05, 3.63) is 51.5 Å². The average Bonchev–Trinajstić information content (AvgIpc) is 2.89. The summed E-state index contributed by atoms with van der Waals surface area (Å²) >= 11 is 1.45. The van der Waals surface area contributed by atoms with Gasteiger partial charge in [0.05, 0.1) is 21.6 Å². The summed E-state index contributed by atoms with van der Waals surface area (Å²) in [5, 5.41) is 2.51. The maximum Gasteiger partial charge on any atom is 0.338 e. The number of ether oxygens (including phenoxy) is 1. The number of aryl methyl sites for hydroxylation is 1. The van der Waals surface area contributed by atoms with Crippen LogP contribution in [0.5, 0.6) is 0 Å². The summed E-state index contributed by atoms with van der Waals surface area (Å²) in [6.45, 7) is 2.06. The molecule has 0 spiro atoms. The molecule has 104 valence electrons. The van der Waals surface area contributed by atoms with Crippen LogP contribution in [0.1, 0.15) is 31.3 Å². The van der Waals surface area contributed by atoms with E-state index in [4.69, 9.17) is 4.74 Å². The molecule has 20 heavy (non-hydrogen) atoms. The second kappa shape index (κ2) is 6.29. The number of amides is 1. The lowest BCUT2D eigenvalue weighted by molar-refractivity contribution is 0.0476. The normalized spacial score (nSPS) is 10.1. The molecule has 1 aromatic carbocycles. The van der Waals surface area contributed by atoms with Crippen molar-refractivity contribution in [2.75, 3.05) is 7.05 Å². The highest BCUT2D eigenvalue weighted by Crippen LogP contribution is 2.15. The van der Waals surface area contributed by atoms with Crippen molar-refractivity contribution in [3.8, 4) is 0 Å². The van der Waals surface area contributed by atoms with Gasteiger partial charge in [-0.1, -0.05) is 6.07 Å². The van der Waals surface area contributed by atoms with Crippen molar-refractivity contribution in [2.24, 2.45) is 0 Å². The molecule has 0 unspecified atom stereocenters. The second-order valence-corrected chi connectivity index (χ2v) is 5.04. The Morgan fingerprint density at radius 3 is 2.75 bits per heavy atom. The van der Waals surface area contributed by atoms with Gasteiger partial charge in [0, 0.05) is 12.6 Å². The standard InChI is InChI=1S/C14H14N2O3S/c1-9-12(20-8-16-9)7-19-14(18)11-5-3-4-10(6-11)13(17)15-2/h3-6,8H,7H2,1-2H3,(H,15,17). The molecule has 0 bridgehead atoms. The Bertz CT molecular complexity index is 637. The number of hydrogen-bond acceptors (Lipinski definition) is 5. The molecule has 0 radical (unpaired) electrons. The molecule has 0 saturated carbocycles. The van der Waals surface area contributed by atoms with Crippen LogP contribution < -0.4 is 5.32 Å². The Balaban J connectivity index is 2.06.